The van der Waals surface area contributed by atoms with Crippen LogP contribution in [0.3, 0.4) is 0 Å². The van der Waals surface area contributed by atoms with Gasteiger partial charge in [0, 0.05) is 0 Å². The molecule has 0 saturated heterocycles. The van der Waals surface area contributed by atoms with Crippen molar-refractivity contribution in [1.29, 1.82) is 0 Å². The number of hydrogen-bond donors (Lipinski definition) is 3. The Hall–Kier alpha value is -2.40. The summed E-state index contributed by atoms with van der Waals surface area (Å²) in [5, 5.41) is 21.2. The molecule has 0 amide bonds. The predicted octanol–water partition coefficient (Wildman–Crippen LogP) is -0.485. The standard InChI is InChI=1S/C9H8FN5O4S/c10-6-2-1-5(9(16)17)3-7(6)20(18,19)11-4-8-12-14-15-13-8/h1-3,11H,4H2,(H,16,17)(H,12,13,14,15). The van der Waals surface area contributed by atoms with Gasteiger partial charge in [-0.15, -0.1) is 10.2 Å². The fourth-order valence-corrected chi connectivity index (χ4v) is 2.42. The molecule has 1 aromatic carbocycles. The van der Waals surface area contributed by atoms with Crippen LogP contribution in [0, 0.1) is 5.82 Å². The van der Waals surface area contributed by atoms with Crippen molar-refractivity contribution >= 4 is 16.0 Å². The van der Waals surface area contributed by atoms with Crippen molar-refractivity contribution in [3.63, 3.8) is 0 Å². The summed E-state index contributed by atoms with van der Waals surface area (Å²) in [6.07, 6.45) is 0. The first-order valence-corrected chi connectivity index (χ1v) is 6.63. The van der Waals surface area contributed by atoms with Crippen LogP contribution in [-0.4, -0.2) is 40.1 Å². The Morgan fingerprint density at radius 3 is 2.80 bits per heavy atom. The highest BCUT2D eigenvalue weighted by molar-refractivity contribution is 7.89. The third-order valence-electron chi connectivity index (χ3n) is 2.28. The molecule has 0 aliphatic rings. The molecule has 106 valence electrons. The van der Waals surface area contributed by atoms with Crippen LogP contribution in [0.25, 0.3) is 0 Å². The van der Waals surface area contributed by atoms with E-state index in [0.29, 0.717) is 0 Å². The number of aromatic amines is 1. The third-order valence-corrected chi connectivity index (χ3v) is 3.69. The van der Waals surface area contributed by atoms with Crippen molar-refractivity contribution in [2.24, 2.45) is 0 Å². The highest BCUT2D eigenvalue weighted by atomic mass is 32.2. The van der Waals surface area contributed by atoms with Gasteiger partial charge in [0.2, 0.25) is 10.0 Å². The fourth-order valence-electron chi connectivity index (χ4n) is 1.34. The van der Waals surface area contributed by atoms with E-state index in [0.717, 1.165) is 18.2 Å². The Balaban J connectivity index is 2.28. The molecule has 0 aliphatic carbocycles. The molecular weight excluding hydrogens is 293 g/mol. The van der Waals surface area contributed by atoms with E-state index in [-0.39, 0.29) is 17.9 Å². The van der Waals surface area contributed by atoms with Crippen LogP contribution in [0.5, 0.6) is 0 Å². The summed E-state index contributed by atoms with van der Waals surface area (Å²) < 4.78 is 39.4. The van der Waals surface area contributed by atoms with Crippen LogP contribution < -0.4 is 4.72 Å². The SMILES string of the molecule is O=C(O)c1ccc(F)c(S(=O)(=O)NCc2nn[nH]n2)c1. The average molecular weight is 301 g/mol. The average Bonchev–Trinajstić information content (AvgIpc) is 2.89. The molecule has 2 aromatic rings. The number of halogens is 1. The Labute approximate surface area is 111 Å². The molecule has 1 aromatic heterocycles. The minimum atomic E-state index is -4.23. The number of aromatic nitrogens is 4. The number of sulfonamides is 1. The summed E-state index contributed by atoms with van der Waals surface area (Å²) >= 11 is 0. The summed E-state index contributed by atoms with van der Waals surface area (Å²) in [5.41, 5.74) is -0.341. The Morgan fingerprint density at radius 2 is 2.20 bits per heavy atom. The zero-order valence-electron chi connectivity index (χ0n) is 9.74. The van der Waals surface area contributed by atoms with Crippen molar-refractivity contribution in [1.82, 2.24) is 25.3 Å². The molecule has 11 heteroatoms. The van der Waals surface area contributed by atoms with Crippen LogP contribution in [0.15, 0.2) is 23.1 Å². The number of tetrazole rings is 1. The summed E-state index contributed by atoms with van der Waals surface area (Å²) in [6, 6.07) is 2.47. The number of nitrogens with one attached hydrogen (secondary N) is 2. The number of carboxylic acids is 1. The Morgan fingerprint density at radius 1 is 1.45 bits per heavy atom. The lowest BCUT2D eigenvalue weighted by Crippen LogP contribution is -2.25. The van der Waals surface area contributed by atoms with E-state index in [2.05, 4.69) is 20.6 Å². The normalized spacial score (nSPS) is 11.4. The van der Waals surface area contributed by atoms with E-state index in [1.165, 1.54) is 0 Å². The van der Waals surface area contributed by atoms with E-state index in [4.69, 9.17) is 5.11 Å². The molecule has 2 rings (SSSR count). The van der Waals surface area contributed by atoms with Gasteiger partial charge in [-0.05, 0) is 18.2 Å². The van der Waals surface area contributed by atoms with Gasteiger partial charge in [-0.2, -0.15) is 5.21 Å². The second-order valence-electron chi connectivity index (χ2n) is 3.60. The van der Waals surface area contributed by atoms with Crippen LogP contribution in [0.4, 0.5) is 4.39 Å². The smallest absolute Gasteiger partial charge is 0.335 e. The number of rotatable bonds is 5. The quantitative estimate of drug-likeness (QED) is 0.677. The zero-order valence-corrected chi connectivity index (χ0v) is 10.6. The Kier molecular flexibility index (Phi) is 3.72. The number of aromatic carboxylic acids is 1. The first-order chi connectivity index (χ1) is 9.40. The molecule has 9 nitrogen and oxygen atoms in total. The minimum absolute atomic E-state index is 0.0587. The number of carbonyl (C=O) groups is 1. The van der Waals surface area contributed by atoms with Gasteiger partial charge in [0.1, 0.15) is 10.7 Å². The lowest BCUT2D eigenvalue weighted by atomic mass is 10.2. The molecular formula is C9H8FN5O4S. The summed E-state index contributed by atoms with van der Waals surface area (Å²) in [6.45, 7) is -0.310. The van der Waals surface area contributed by atoms with Gasteiger partial charge in [-0.1, -0.05) is 5.21 Å². The van der Waals surface area contributed by atoms with Crippen LogP contribution in [0.2, 0.25) is 0 Å². The highest BCUT2D eigenvalue weighted by Crippen LogP contribution is 2.16. The lowest BCUT2D eigenvalue weighted by molar-refractivity contribution is 0.0696. The number of benzene rings is 1. The van der Waals surface area contributed by atoms with Gasteiger partial charge in [-0.25, -0.2) is 22.3 Å². The number of H-pyrrole nitrogens is 1. The predicted molar refractivity (Wildman–Crippen MR) is 61.6 cm³/mol. The third kappa shape index (κ3) is 2.95. The molecule has 0 saturated carbocycles. The molecule has 0 spiro atoms. The largest absolute Gasteiger partial charge is 0.478 e. The first-order valence-electron chi connectivity index (χ1n) is 5.15. The highest BCUT2D eigenvalue weighted by Gasteiger charge is 2.21. The monoisotopic (exact) mass is 301 g/mol. The molecule has 0 radical (unpaired) electrons. The topological polar surface area (TPSA) is 138 Å². The second kappa shape index (κ2) is 5.30. The molecule has 3 N–H and O–H groups in total. The van der Waals surface area contributed by atoms with Gasteiger partial charge >= 0.3 is 5.97 Å². The van der Waals surface area contributed by atoms with Crippen LogP contribution in [-0.2, 0) is 16.6 Å². The van der Waals surface area contributed by atoms with E-state index in [1.54, 1.807) is 0 Å². The van der Waals surface area contributed by atoms with E-state index in [1.807, 2.05) is 4.72 Å². The van der Waals surface area contributed by atoms with Crippen molar-refractivity contribution < 1.29 is 22.7 Å². The maximum atomic E-state index is 13.5. The molecule has 0 unspecified atom stereocenters. The van der Waals surface area contributed by atoms with Crippen molar-refractivity contribution in [3.8, 4) is 0 Å². The maximum Gasteiger partial charge on any atom is 0.335 e. The van der Waals surface area contributed by atoms with Crippen LogP contribution in [0.1, 0.15) is 16.2 Å². The summed E-state index contributed by atoms with van der Waals surface area (Å²) in [5.74, 6) is -2.36. The lowest BCUT2D eigenvalue weighted by Gasteiger charge is -2.06. The van der Waals surface area contributed by atoms with Crippen molar-refractivity contribution in [2.75, 3.05) is 0 Å². The van der Waals surface area contributed by atoms with Gasteiger partial charge in [0.25, 0.3) is 0 Å². The van der Waals surface area contributed by atoms with Gasteiger partial charge in [0.05, 0.1) is 12.1 Å². The molecule has 0 aliphatic heterocycles. The van der Waals surface area contributed by atoms with E-state index < -0.39 is 26.7 Å². The summed E-state index contributed by atoms with van der Waals surface area (Å²) in [7, 11) is -4.23. The molecule has 0 bridgehead atoms. The summed E-state index contributed by atoms with van der Waals surface area (Å²) in [4.78, 5) is 10.0. The van der Waals surface area contributed by atoms with E-state index >= 15 is 0 Å². The van der Waals surface area contributed by atoms with Crippen molar-refractivity contribution in [3.05, 3.63) is 35.4 Å². The van der Waals surface area contributed by atoms with E-state index in [9.17, 15) is 17.6 Å². The maximum absolute atomic E-state index is 13.5. The molecule has 0 fully saturated rings. The van der Waals surface area contributed by atoms with Crippen molar-refractivity contribution in [2.45, 2.75) is 11.4 Å². The molecule has 0 atom stereocenters. The molecule has 1 heterocycles. The van der Waals surface area contributed by atoms with Crippen LogP contribution >= 0.6 is 0 Å². The van der Waals surface area contributed by atoms with Gasteiger partial charge in [0.15, 0.2) is 5.82 Å². The number of carboxylic acid groups (broad SMARTS) is 1. The van der Waals surface area contributed by atoms with Gasteiger partial charge in [-0.3, -0.25) is 0 Å². The molecule has 20 heavy (non-hydrogen) atoms. The van der Waals surface area contributed by atoms with Gasteiger partial charge < -0.3 is 5.11 Å². The number of nitrogens with zero attached hydrogens (tertiary/aromatic N) is 3. The fraction of sp³-hybridized carbons (Fsp3) is 0.111. The first kappa shape index (κ1) is 14.0. The minimum Gasteiger partial charge on any atom is -0.478 e. The second-order valence-corrected chi connectivity index (χ2v) is 5.34. The number of hydrogen-bond acceptors (Lipinski definition) is 6. The zero-order chi connectivity index (χ0) is 14.8. The Bertz CT molecular complexity index is 731.